The van der Waals surface area contributed by atoms with Crippen LogP contribution in [0.5, 0.6) is 0 Å². The Morgan fingerprint density at radius 2 is 0.852 bits per heavy atom. The van der Waals surface area contributed by atoms with Crippen LogP contribution >= 0.6 is 11.3 Å². The first-order valence-electron chi connectivity index (χ1n) is 21.1. The van der Waals surface area contributed by atoms with Crippen LogP contribution in [0.15, 0.2) is 224 Å². The fraction of sp³-hybridized carbons (Fsp3) is 0.0169. The van der Waals surface area contributed by atoms with Crippen molar-refractivity contribution in [1.82, 2.24) is 0 Å². The first-order chi connectivity index (χ1) is 30.3. The predicted octanol–water partition coefficient (Wildman–Crippen LogP) is 16.4. The molecule has 1 spiro atoms. The molecule has 61 heavy (non-hydrogen) atoms. The number of benzene rings is 10. The molecule has 0 amide bonds. The Morgan fingerprint density at radius 3 is 1.64 bits per heavy atom. The molecule has 2 aliphatic carbocycles. The molecule has 0 fully saturated rings. The molecule has 0 saturated carbocycles. The molecule has 284 valence electrons. The molecular formula is C59H37NS. The van der Waals surface area contributed by atoms with Crippen molar-refractivity contribution in [3.63, 3.8) is 0 Å². The molecule has 0 atom stereocenters. The molecule has 0 saturated heterocycles. The second kappa shape index (κ2) is 13.2. The van der Waals surface area contributed by atoms with Gasteiger partial charge in [-0.15, -0.1) is 11.3 Å². The molecule has 11 aromatic rings. The van der Waals surface area contributed by atoms with E-state index >= 15 is 0 Å². The molecule has 1 aromatic heterocycles. The molecule has 1 heterocycles. The van der Waals surface area contributed by atoms with Crippen LogP contribution in [0.1, 0.15) is 22.3 Å². The van der Waals surface area contributed by atoms with Crippen molar-refractivity contribution in [2.45, 2.75) is 5.41 Å². The predicted molar refractivity (Wildman–Crippen MR) is 259 cm³/mol. The first kappa shape index (κ1) is 34.4. The molecule has 0 N–H and O–H groups in total. The zero-order valence-corrected chi connectivity index (χ0v) is 34.0. The maximum Gasteiger partial charge on any atom is 0.0726 e. The zero-order valence-electron chi connectivity index (χ0n) is 33.2. The summed E-state index contributed by atoms with van der Waals surface area (Å²) in [5.74, 6) is 0. The normalized spacial score (nSPS) is 13.0. The van der Waals surface area contributed by atoms with E-state index in [1.165, 1.54) is 97.7 Å². The van der Waals surface area contributed by atoms with Gasteiger partial charge in [-0.05, 0) is 109 Å². The van der Waals surface area contributed by atoms with Gasteiger partial charge in [-0.1, -0.05) is 182 Å². The summed E-state index contributed by atoms with van der Waals surface area (Å²) in [4.78, 5) is 2.53. The van der Waals surface area contributed by atoms with Gasteiger partial charge in [0.2, 0.25) is 0 Å². The van der Waals surface area contributed by atoms with E-state index < -0.39 is 5.41 Å². The third-order valence-corrected chi connectivity index (χ3v) is 14.5. The van der Waals surface area contributed by atoms with E-state index in [1.807, 2.05) is 11.3 Å². The van der Waals surface area contributed by atoms with E-state index in [0.29, 0.717) is 0 Å². The number of nitrogens with zero attached hydrogens (tertiary/aromatic N) is 1. The van der Waals surface area contributed by atoms with Crippen molar-refractivity contribution in [1.29, 1.82) is 0 Å². The smallest absolute Gasteiger partial charge is 0.0726 e. The van der Waals surface area contributed by atoms with Crippen molar-refractivity contribution in [2.75, 3.05) is 4.90 Å². The summed E-state index contributed by atoms with van der Waals surface area (Å²) in [6, 6.07) is 83.6. The number of rotatable bonds is 5. The van der Waals surface area contributed by atoms with Crippen LogP contribution in [-0.2, 0) is 5.41 Å². The number of para-hydroxylation sites is 1. The summed E-state index contributed by atoms with van der Waals surface area (Å²) < 4.78 is 2.63. The van der Waals surface area contributed by atoms with E-state index in [0.717, 1.165) is 17.1 Å². The lowest BCUT2D eigenvalue weighted by Crippen LogP contribution is -2.26. The Hall–Kier alpha value is -7.52. The molecule has 0 bridgehead atoms. The van der Waals surface area contributed by atoms with Crippen molar-refractivity contribution in [2.24, 2.45) is 0 Å². The highest BCUT2D eigenvalue weighted by atomic mass is 32.1. The minimum absolute atomic E-state index is 0.441. The summed E-state index contributed by atoms with van der Waals surface area (Å²) in [5, 5.41) is 5.12. The largest absolute Gasteiger partial charge is 0.309 e. The molecule has 2 heteroatoms. The zero-order chi connectivity index (χ0) is 40.1. The number of thiophene rings is 1. The second-order valence-corrected chi connectivity index (χ2v) is 17.4. The Balaban J connectivity index is 1.08. The Labute approximate surface area is 359 Å². The minimum atomic E-state index is -0.441. The second-order valence-electron chi connectivity index (χ2n) is 16.3. The molecule has 0 aliphatic heterocycles. The maximum atomic E-state index is 2.53. The summed E-state index contributed by atoms with van der Waals surface area (Å²) in [7, 11) is 0. The average molecular weight is 792 g/mol. The lowest BCUT2D eigenvalue weighted by Gasteiger charge is -2.32. The van der Waals surface area contributed by atoms with Gasteiger partial charge in [0.05, 0.1) is 16.8 Å². The van der Waals surface area contributed by atoms with Gasteiger partial charge in [0, 0.05) is 37.0 Å². The summed E-state index contributed by atoms with van der Waals surface area (Å²) in [6.07, 6.45) is 0. The Morgan fingerprint density at radius 1 is 0.328 bits per heavy atom. The molecule has 13 rings (SSSR count). The number of anilines is 3. The minimum Gasteiger partial charge on any atom is -0.309 e. The molecule has 0 radical (unpaired) electrons. The SMILES string of the molecule is c1ccc(N(c2ccc(-c3cccc4ccccc34)cc2)c2cccc3c2-c2ccccc2C32c3ccccc3-c3ccccc32)c(-c2ccc3sc4ccccc4c3c2)c1. The Kier molecular flexibility index (Phi) is 7.46. The Bertz CT molecular complexity index is 3500. The fourth-order valence-electron chi connectivity index (χ4n) is 10.8. The molecule has 10 aromatic carbocycles. The highest BCUT2D eigenvalue weighted by molar-refractivity contribution is 7.25. The van der Waals surface area contributed by atoms with Gasteiger partial charge in [-0.25, -0.2) is 0 Å². The third kappa shape index (κ3) is 4.88. The van der Waals surface area contributed by atoms with Crippen molar-refractivity contribution < 1.29 is 0 Å². The van der Waals surface area contributed by atoms with Crippen LogP contribution in [-0.4, -0.2) is 0 Å². The van der Waals surface area contributed by atoms with Gasteiger partial charge in [-0.3, -0.25) is 0 Å². The van der Waals surface area contributed by atoms with E-state index in [-0.39, 0.29) is 0 Å². The van der Waals surface area contributed by atoms with Crippen LogP contribution in [0.2, 0.25) is 0 Å². The number of hydrogen-bond donors (Lipinski definition) is 0. The molecule has 2 aliphatic rings. The van der Waals surface area contributed by atoms with Crippen molar-refractivity contribution in [3.05, 3.63) is 247 Å². The van der Waals surface area contributed by atoms with Gasteiger partial charge in [0.15, 0.2) is 0 Å². The van der Waals surface area contributed by atoms with E-state index in [9.17, 15) is 0 Å². The van der Waals surface area contributed by atoms with Crippen LogP contribution < -0.4 is 4.90 Å². The monoisotopic (exact) mass is 791 g/mol. The van der Waals surface area contributed by atoms with Crippen LogP contribution in [0.3, 0.4) is 0 Å². The van der Waals surface area contributed by atoms with Crippen molar-refractivity contribution >= 4 is 59.3 Å². The van der Waals surface area contributed by atoms with E-state index in [4.69, 9.17) is 0 Å². The van der Waals surface area contributed by atoms with Crippen molar-refractivity contribution in [3.8, 4) is 44.5 Å². The highest BCUT2D eigenvalue weighted by Gasteiger charge is 2.52. The fourth-order valence-corrected chi connectivity index (χ4v) is 11.9. The summed E-state index contributed by atoms with van der Waals surface area (Å²) in [6.45, 7) is 0. The third-order valence-electron chi connectivity index (χ3n) is 13.3. The number of fused-ring (bicyclic) bond motifs is 14. The highest BCUT2D eigenvalue weighted by Crippen LogP contribution is 2.64. The van der Waals surface area contributed by atoms with Gasteiger partial charge in [0.1, 0.15) is 0 Å². The standard InChI is InChI=1S/C59H37NS/c1-2-17-42-38(15-1)16-13-23-43(42)39-31-34-41(35-32-39)60(54-28-11-6-18-44(54)40-33-36-57-49(37-40)47-21-7-12-30-56(47)61-57)55-29-14-27-53-58(55)48-22-5-10-26-52(48)59(53)50-24-8-3-19-45(50)46-20-4-9-25-51(46)59/h1-37H. The first-order valence-corrected chi connectivity index (χ1v) is 21.9. The topological polar surface area (TPSA) is 3.24 Å². The lowest BCUT2D eigenvalue weighted by molar-refractivity contribution is 0.794. The maximum absolute atomic E-state index is 2.53. The summed E-state index contributed by atoms with van der Waals surface area (Å²) >= 11 is 1.87. The molecule has 0 unspecified atom stereocenters. The number of hydrogen-bond acceptors (Lipinski definition) is 2. The van der Waals surface area contributed by atoms with Crippen LogP contribution in [0.4, 0.5) is 17.1 Å². The van der Waals surface area contributed by atoms with E-state index in [2.05, 4.69) is 229 Å². The van der Waals surface area contributed by atoms with Gasteiger partial charge < -0.3 is 4.90 Å². The van der Waals surface area contributed by atoms with Gasteiger partial charge >= 0.3 is 0 Å². The molecular weight excluding hydrogens is 755 g/mol. The summed E-state index contributed by atoms with van der Waals surface area (Å²) in [5.41, 5.74) is 18.3. The van der Waals surface area contributed by atoms with Crippen LogP contribution in [0, 0.1) is 0 Å². The van der Waals surface area contributed by atoms with E-state index in [1.54, 1.807) is 0 Å². The van der Waals surface area contributed by atoms with Gasteiger partial charge in [-0.2, -0.15) is 0 Å². The molecule has 1 nitrogen and oxygen atoms in total. The quantitative estimate of drug-likeness (QED) is 0.168. The van der Waals surface area contributed by atoms with Crippen LogP contribution in [0.25, 0.3) is 75.5 Å². The lowest BCUT2D eigenvalue weighted by atomic mass is 9.70. The van der Waals surface area contributed by atoms with Gasteiger partial charge in [0.25, 0.3) is 0 Å². The average Bonchev–Trinajstić information content (AvgIpc) is 3.96.